The van der Waals surface area contributed by atoms with E-state index in [1.54, 1.807) is 31.6 Å². The van der Waals surface area contributed by atoms with Gasteiger partial charge in [-0.05, 0) is 109 Å². The highest BCUT2D eigenvalue weighted by Gasteiger charge is 2.54. The number of rotatable bonds is 10. The predicted octanol–water partition coefficient (Wildman–Crippen LogP) is 6.42. The van der Waals surface area contributed by atoms with Crippen LogP contribution >= 0.6 is 25.0 Å². The van der Waals surface area contributed by atoms with Crippen LogP contribution in [0.3, 0.4) is 0 Å². The predicted molar refractivity (Wildman–Crippen MR) is 231 cm³/mol. The third-order valence-electron chi connectivity index (χ3n) is 13.1. The second kappa shape index (κ2) is 18.3. The van der Waals surface area contributed by atoms with E-state index < -0.39 is 34.3 Å². The summed E-state index contributed by atoms with van der Waals surface area (Å²) in [6.45, 7) is 10.8. The Morgan fingerprint density at radius 1 is 1.05 bits per heavy atom. The molecule has 0 radical (unpaired) electrons. The number of aryl methyl sites for hydroxylation is 1. The fraction of sp³-hybridized carbons (Fsp3) is 0.581. The number of hydrogen-bond acceptors (Lipinski definition) is 10. The molecule has 4 heterocycles. The van der Waals surface area contributed by atoms with Gasteiger partial charge in [0.1, 0.15) is 5.50 Å². The Morgan fingerprint density at radius 2 is 1.74 bits per heavy atom. The number of piperazine rings is 1. The molecule has 1 saturated carbocycles. The number of anilines is 2. The number of carbonyl (C=O) groups excluding carboxylic acids is 4. The van der Waals surface area contributed by atoms with Crippen LogP contribution in [0.5, 0.6) is 0 Å². The normalized spacial score (nSPS) is 26.6. The Hall–Kier alpha value is -4.21. The molecule has 330 valence electrons. The topological polar surface area (TPSA) is 147 Å². The van der Waals surface area contributed by atoms with Crippen molar-refractivity contribution in [1.29, 1.82) is 5.26 Å². The average Bonchev–Trinajstić information content (AvgIpc) is 3.61. The van der Waals surface area contributed by atoms with Crippen molar-refractivity contribution in [1.82, 2.24) is 29.8 Å². The van der Waals surface area contributed by atoms with Crippen molar-refractivity contribution in [3.8, 4) is 6.07 Å². The standard InChI is InChI=1S/C43H54F3N9O4S.ClH/c1-25-22-52(23-26(2)53(25)24-36(57)48-34-10-6-9-31-37(50-51(5)38(31)34)32-17-18-35(56)49-39(32)58)19-7-8-27-11-14-29(15-12-27)55-41(60)54(40(59)42(55,3)4)30-16-13-28(21-47)33(20-30)43(44,45)46;/h6,9-10,13,16,20,25-27,29,32,41,60H,7-8,11-12,14-15,17-19,22-24H2,1-5H3,(H,48,57)(H,49,56,58);1H/t25-,26+,27?,29?,32?,41?;. The number of aromatic nitrogens is 2. The molecule has 18 heteroatoms. The lowest BCUT2D eigenvalue weighted by Crippen LogP contribution is -2.58. The molecule has 3 saturated heterocycles. The number of thiol groups is 1. The van der Waals surface area contributed by atoms with Crippen molar-refractivity contribution in [2.24, 2.45) is 13.0 Å². The van der Waals surface area contributed by atoms with Crippen LogP contribution in [0.15, 0.2) is 36.4 Å². The number of carbonyl (C=O) groups is 4. The Labute approximate surface area is 366 Å². The third-order valence-corrected chi connectivity index (χ3v) is 13.6. The highest BCUT2D eigenvalue weighted by Crippen LogP contribution is 2.44. The first-order valence-corrected chi connectivity index (χ1v) is 21.4. The molecule has 0 spiro atoms. The number of nitriles is 1. The molecule has 2 N–H and O–H groups in total. The summed E-state index contributed by atoms with van der Waals surface area (Å²) in [6.07, 6.45) is 1.72. The van der Waals surface area contributed by atoms with Gasteiger partial charge in [-0.2, -0.15) is 23.5 Å². The Morgan fingerprint density at radius 3 is 2.38 bits per heavy atom. The van der Waals surface area contributed by atoms with E-state index in [2.05, 4.69) is 39.4 Å². The monoisotopic (exact) mass is 885 g/mol. The van der Waals surface area contributed by atoms with E-state index in [9.17, 15) is 37.6 Å². The molecule has 4 fully saturated rings. The lowest BCUT2D eigenvalue weighted by Gasteiger charge is -2.44. The van der Waals surface area contributed by atoms with Gasteiger partial charge in [-0.15, -0.1) is 25.0 Å². The number of nitrogens with zero attached hydrogens (tertiary/aromatic N) is 7. The van der Waals surface area contributed by atoms with Gasteiger partial charge in [-0.25, -0.2) is 0 Å². The molecular formula is C43H55ClF3N9O4S. The van der Waals surface area contributed by atoms with Crippen molar-refractivity contribution in [3.63, 3.8) is 0 Å². The molecule has 61 heavy (non-hydrogen) atoms. The van der Waals surface area contributed by atoms with Gasteiger partial charge >= 0.3 is 6.18 Å². The Balaban J connectivity index is 0.00000622. The second-order valence-electron chi connectivity index (χ2n) is 17.5. The van der Waals surface area contributed by atoms with Gasteiger partial charge < -0.3 is 10.2 Å². The van der Waals surface area contributed by atoms with Crippen LogP contribution < -0.4 is 15.5 Å². The molecule has 2 unspecified atom stereocenters. The summed E-state index contributed by atoms with van der Waals surface area (Å²) in [5.41, 5.74) is -1.25. The Bertz CT molecular complexity index is 2190. The van der Waals surface area contributed by atoms with Crippen molar-refractivity contribution in [2.45, 2.75) is 120 Å². The molecular weight excluding hydrogens is 831 g/mol. The molecule has 4 amide bonds. The average molecular weight is 886 g/mol. The first-order valence-electron chi connectivity index (χ1n) is 20.9. The minimum Gasteiger partial charge on any atom is -0.323 e. The van der Waals surface area contributed by atoms with Gasteiger partial charge in [-0.1, -0.05) is 12.1 Å². The first-order chi connectivity index (χ1) is 28.4. The zero-order valence-corrected chi connectivity index (χ0v) is 36.9. The largest absolute Gasteiger partial charge is 0.417 e. The zero-order valence-electron chi connectivity index (χ0n) is 35.2. The summed E-state index contributed by atoms with van der Waals surface area (Å²) < 4.78 is 43.0. The van der Waals surface area contributed by atoms with Gasteiger partial charge in [-0.3, -0.25) is 43.9 Å². The SMILES string of the molecule is C[C@@H]1CN(CCCC2CCC(N3C(S)N(c4ccc(C#N)c(C(F)(F)F)c4)C(=O)C3(C)C)CC2)C[C@H](C)N1CC(=O)Nc1cccc2c(C3CCC(=O)NC3=O)nn(C)c12.Cl. The molecule has 13 nitrogen and oxygen atoms in total. The molecule has 2 aromatic carbocycles. The van der Waals surface area contributed by atoms with Gasteiger partial charge in [0, 0.05) is 55.8 Å². The highest BCUT2D eigenvalue weighted by atomic mass is 35.5. The maximum Gasteiger partial charge on any atom is 0.417 e. The van der Waals surface area contributed by atoms with Gasteiger partial charge in [0.05, 0.1) is 52.1 Å². The van der Waals surface area contributed by atoms with Gasteiger partial charge in [0.15, 0.2) is 0 Å². The van der Waals surface area contributed by atoms with E-state index in [0.29, 0.717) is 23.7 Å². The van der Waals surface area contributed by atoms with Crippen LogP contribution in [0.4, 0.5) is 24.5 Å². The smallest absolute Gasteiger partial charge is 0.323 e. The number of amides is 4. The van der Waals surface area contributed by atoms with Crippen molar-refractivity contribution in [3.05, 3.63) is 53.2 Å². The van der Waals surface area contributed by atoms with Crippen molar-refractivity contribution < 1.29 is 32.3 Å². The molecule has 3 aromatic rings. The fourth-order valence-corrected chi connectivity index (χ4v) is 10.9. The number of nitrogens with one attached hydrogen (secondary N) is 2. The van der Waals surface area contributed by atoms with Crippen LogP contribution in [0, 0.1) is 17.2 Å². The van der Waals surface area contributed by atoms with Crippen LogP contribution in [-0.2, 0) is 32.4 Å². The summed E-state index contributed by atoms with van der Waals surface area (Å²) in [4.78, 5) is 59.7. The second-order valence-corrected chi connectivity index (χ2v) is 18.0. The molecule has 3 aliphatic heterocycles. The third kappa shape index (κ3) is 9.29. The van der Waals surface area contributed by atoms with Crippen LogP contribution in [0.25, 0.3) is 10.9 Å². The van der Waals surface area contributed by atoms with Crippen LogP contribution in [0.1, 0.15) is 102 Å². The first kappa shape index (κ1) is 46.3. The van der Waals surface area contributed by atoms with E-state index in [0.717, 1.165) is 81.2 Å². The number of alkyl halides is 3. The number of benzene rings is 2. The number of piperidine rings is 1. The van der Waals surface area contributed by atoms with Gasteiger partial charge in [0.2, 0.25) is 23.6 Å². The van der Waals surface area contributed by atoms with Gasteiger partial charge in [0.25, 0.3) is 0 Å². The summed E-state index contributed by atoms with van der Waals surface area (Å²) in [5, 5.41) is 20.2. The summed E-state index contributed by atoms with van der Waals surface area (Å²) >= 11 is 4.80. The summed E-state index contributed by atoms with van der Waals surface area (Å²) in [5.74, 6) is -1.08. The highest BCUT2D eigenvalue weighted by molar-refractivity contribution is 7.81. The quantitative estimate of drug-likeness (QED) is 0.155. The number of fused-ring (bicyclic) bond motifs is 1. The molecule has 1 aromatic heterocycles. The lowest BCUT2D eigenvalue weighted by molar-refractivity contribution is -0.138. The van der Waals surface area contributed by atoms with Crippen molar-refractivity contribution in [2.75, 3.05) is 36.4 Å². The molecule has 4 aliphatic rings. The zero-order chi connectivity index (χ0) is 43.3. The van der Waals surface area contributed by atoms with E-state index in [1.807, 2.05) is 23.1 Å². The number of halogens is 4. The summed E-state index contributed by atoms with van der Waals surface area (Å²) in [6, 6.07) is 10.9. The maximum absolute atomic E-state index is 13.8. The lowest BCUT2D eigenvalue weighted by atomic mass is 9.81. The molecule has 1 aliphatic carbocycles. The van der Waals surface area contributed by atoms with Crippen molar-refractivity contribution >= 4 is 70.9 Å². The van der Waals surface area contributed by atoms with E-state index in [4.69, 9.17) is 12.6 Å². The summed E-state index contributed by atoms with van der Waals surface area (Å²) in [7, 11) is 1.79. The minimum absolute atomic E-state index is 0. The Kier molecular flexibility index (Phi) is 13.9. The minimum atomic E-state index is -4.74. The van der Waals surface area contributed by atoms with E-state index >= 15 is 0 Å². The number of para-hydroxylation sites is 1. The molecule has 4 atom stereocenters. The fourth-order valence-electron chi connectivity index (χ4n) is 10.1. The van der Waals surface area contributed by atoms with E-state index in [1.165, 1.54) is 11.0 Å². The number of hydrogen-bond donors (Lipinski definition) is 3. The maximum atomic E-state index is 13.8. The van der Waals surface area contributed by atoms with Crippen LogP contribution in [0.2, 0.25) is 0 Å². The molecule has 7 rings (SSSR count). The number of imide groups is 1. The molecule has 0 bridgehead atoms. The van der Waals surface area contributed by atoms with E-state index in [-0.39, 0.29) is 72.8 Å². The van der Waals surface area contributed by atoms with Crippen LogP contribution in [-0.4, -0.2) is 103 Å².